The SMILES string of the molecule is COc1cc(C)nc(NC(=O)CCCC(=O)O)n1. The summed E-state index contributed by atoms with van der Waals surface area (Å²) in [7, 11) is 1.47. The van der Waals surface area contributed by atoms with Crippen molar-refractivity contribution in [1.82, 2.24) is 9.97 Å². The molecule has 7 nitrogen and oxygen atoms in total. The van der Waals surface area contributed by atoms with Crippen molar-refractivity contribution in [2.75, 3.05) is 12.4 Å². The Bertz CT molecular complexity index is 448. The number of aromatic nitrogens is 2. The fourth-order valence-corrected chi connectivity index (χ4v) is 1.29. The minimum Gasteiger partial charge on any atom is -0.481 e. The second-order valence-electron chi connectivity index (χ2n) is 3.67. The van der Waals surface area contributed by atoms with Crippen LogP contribution in [0.15, 0.2) is 6.07 Å². The van der Waals surface area contributed by atoms with Crippen molar-refractivity contribution in [3.8, 4) is 5.88 Å². The molecule has 0 aliphatic carbocycles. The molecule has 0 fully saturated rings. The number of rotatable bonds is 6. The average Bonchev–Trinajstić information content (AvgIpc) is 2.27. The first-order chi connectivity index (χ1) is 8.51. The summed E-state index contributed by atoms with van der Waals surface area (Å²) >= 11 is 0. The highest BCUT2D eigenvalue weighted by atomic mass is 16.5. The number of carboxylic acids is 1. The molecule has 98 valence electrons. The zero-order valence-electron chi connectivity index (χ0n) is 10.3. The summed E-state index contributed by atoms with van der Waals surface area (Å²) in [6.45, 7) is 1.75. The van der Waals surface area contributed by atoms with Crippen LogP contribution in [0.25, 0.3) is 0 Å². The van der Waals surface area contributed by atoms with Crippen LogP contribution >= 0.6 is 0 Å². The number of nitrogens with one attached hydrogen (secondary N) is 1. The van der Waals surface area contributed by atoms with Gasteiger partial charge in [-0.2, -0.15) is 4.98 Å². The Kier molecular flexibility index (Phi) is 5.04. The Morgan fingerprint density at radius 1 is 1.39 bits per heavy atom. The molecule has 0 unspecified atom stereocenters. The van der Waals surface area contributed by atoms with Crippen LogP contribution in [0, 0.1) is 6.92 Å². The predicted molar refractivity (Wildman–Crippen MR) is 63.4 cm³/mol. The zero-order chi connectivity index (χ0) is 13.5. The average molecular weight is 253 g/mol. The van der Waals surface area contributed by atoms with Crippen LogP contribution in [0.1, 0.15) is 25.0 Å². The van der Waals surface area contributed by atoms with Gasteiger partial charge in [-0.25, -0.2) is 4.98 Å². The molecule has 0 atom stereocenters. The summed E-state index contributed by atoms with van der Waals surface area (Å²) < 4.78 is 4.95. The monoisotopic (exact) mass is 253 g/mol. The van der Waals surface area contributed by atoms with E-state index in [9.17, 15) is 9.59 Å². The number of ether oxygens (including phenoxy) is 1. The molecule has 1 aromatic rings. The molecular weight excluding hydrogens is 238 g/mol. The highest BCUT2D eigenvalue weighted by molar-refractivity contribution is 5.89. The molecule has 7 heteroatoms. The highest BCUT2D eigenvalue weighted by Gasteiger charge is 2.08. The standard InChI is InChI=1S/C11H15N3O4/c1-7-6-9(18-2)14-11(12-7)13-8(15)4-3-5-10(16)17/h6H,3-5H2,1-2H3,(H,16,17)(H,12,13,14,15). The number of carboxylic acid groups (broad SMARTS) is 1. The predicted octanol–water partition coefficient (Wildman–Crippen LogP) is 0.987. The second kappa shape index (κ2) is 6.53. The van der Waals surface area contributed by atoms with Crippen LogP contribution in [0.3, 0.4) is 0 Å². The van der Waals surface area contributed by atoms with Crippen molar-refractivity contribution < 1.29 is 19.4 Å². The molecule has 1 amide bonds. The van der Waals surface area contributed by atoms with Crippen molar-refractivity contribution in [1.29, 1.82) is 0 Å². The van der Waals surface area contributed by atoms with E-state index in [4.69, 9.17) is 9.84 Å². The van der Waals surface area contributed by atoms with Gasteiger partial charge in [0.2, 0.25) is 17.7 Å². The van der Waals surface area contributed by atoms with Crippen molar-refractivity contribution >= 4 is 17.8 Å². The number of hydrogen-bond donors (Lipinski definition) is 2. The third-order valence-corrected chi connectivity index (χ3v) is 2.09. The molecule has 0 saturated heterocycles. The molecule has 1 heterocycles. The lowest BCUT2D eigenvalue weighted by Crippen LogP contribution is -2.14. The van der Waals surface area contributed by atoms with E-state index in [-0.39, 0.29) is 31.1 Å². The van der Waals surface area contributed by atoms with E-state index in [1.54, 1.807) is 13.0 Å². The maximum absolute atomic E-state index is 11.5. The summed E-state index contributed by atoms with van der Waals surface area (Å²) in [4.78, 5) is 29.8. The van der Waals surface area contributed by atoms with E-state index in [1.165, 1.54) is 7.11 Å². The van der Waals surface area contributed by atoms with Gasteiger partial charge >= 0.3 is 5.97 Å². The summed E-state index contributed by atoms with van der Waals surface area (Å²) in [6.07, 6.45) is 0.363. The van der Waals surface area contributed by atoms with Crippen LogP contribution in [-0.4, -0.2) is 34.1 Å². The Morgan fingerprint density at radius 2 is 2.11 bits per heavy atom. The maximum atomic E-state index is 11.5. The van der Waals surface area contributed by atoms with Gasteiger partial charge in [0.15, 0.2) is 0 Å². The fraction of sp³-hybridized carbons (Fsp3) is 0.455. The van der Waals surface area contributed by atoms with Gasteiger partial charge in [-0.3, -0.25) is 14.9 Å². The molecule has 0 aromatic carbocycles. The van der Waals surface area contributed by atoms with Crippen molar-refractivity contribution in [2.45, 2.75) is 26.2 Å². The Morgan fingerprint density at radius 3 is 2.72 bits per heavy atom. The molecule has 0 bridgehead atoms. The topological polar surface area (TPSA) is 101 Å². The first-order valence-corrected chi connectivity index (χ1v) is 5.42. The van der Waals surface area contributed by atoms with Crippen molar-refractivity contribution in [2.24, 2.45) is 0 Å². The van der Waals surface area contributed by atoms with E-state index in [0.717, 1.165) is 0 Å². The van der Waals surface area contributed by atoms with Crippen molar-refractivity contribution in [3.05, 3.63) is 11.8 Å². The third kappa shape index (κ3) is 4.77. The lowest BCUT2D eigenvalue weighted by molar-refractivity contribution is -0.137. The van der Waals surface area contributed by atoms with Gasteiger partial charge < -0.3 is 9.84 Å². The Hall–Kier alpha value is -2.18. The van der Waals surface area contributed by atoms with Gasteiger partial charge in [0.1, 0.15) is 0 Å². The first kappa shape index (κ1) is 13.9. The quantitative estimate of drug-likeness (QED) is 0.783. The molecule has 1 rings (SSSR count). The van der Waals surface area contributed by atoms with E-state index in [0.29, 0.717) is 11.6 Å². The lowest BCUT2D eigenvalue weighted by atomic mass is 10.2. The normalized spacial score (nSPS) is 9.89. The minimum atomic E-state index is -0.920. The summed E-state index contributed by atoms with van der Waals surface area (Å²) in [5, 5.41) is 10.9. The molecule has 18 heavy (non-hydrogen) atoms. The molecule has 0 saturated carbocycles. The van der Waals surface area contributed by atoms with Crippen molar-refractivity contribution in [3.63, 3.8) is 0 Å². The fourth-order valence-electron chi connectivity index (χ4n) is 1.29. The highest BCUT2D eigenvalue weighted by Crippen LogP contribution is 2.11. The third-order valence-electron chi connectivity index (χ3n) is 2.09. The number of aliphatic carboxylic acids is 1. The Balaban J connectivity index is 2.53. The minimum absolute atomic E-state index is 0.0363. The Labute approximate surface area is 104 Å². The van der Waals surface area contributed by atoms with Gasteiger partial charge in [-0.1, -0.05) is 0 Å². The van der Waals surface area contributed by atoms with Crippen LogP contribution in [0.2, 0.25) is 0 Å². The molecular formula is C11H15N3O4. The van der Waals surface area contributed by atoms with E-state index in [2.05, 4.69) is 15.3 Å². The molecule has 0 aliphatic rings. The van der Waals surface area contributed by atoms with Gasteiger partial charge in [0, 0.05) is 24.6 Å². The van der Waals surface area contributed by atoms with Gasteiger partial charge in [-0.15, -0.1) is 0 Å². The number of carbonyl (C=O) groups excluding carboxylic acids is 1. The van der Waals surface area contributed by atoms with E-state index in [1.807, 2.05) is 0 Å². The summed E-state index contributed by atoms with van der Waals surface area (Å²) in [6, 6.07) is 1.64. The summed E-state index contributed by atoms with van der Waals surface area (Å²) in [5.41, 5.74) is 0.669. The number of hydrogen-bond acceptors (Lipinski definition) is 5. The number of amides is 1. The maximum Gasteiger partial charge on any atom is 0.303 e. The molecule has 0 aliphatic heterocycles. The molecule has 2 N–H and O–H groups in total. The molecule has 1 aromatic heterocycles. The van der Waals surface area contributed by atoms with Gasteiger partial charge in [-0.05, 0) is 13.3 Å². The second-order valence-corrected chi connectivity index (χ2v) is 3.67. The summed E-state index contributed by atoms with van der Waals surface area (Å²) in [5.74, 6) is -0.712. The zero-order valence-corrected chi connectivity index (χ0v) is 10.3. The lowest BCUT2D eigenvalue weighted by Gasteiger charge is -2.06. The number of aryl methyl sites for hydroxylation is 1. The first-order valence-electron chi connectivity index (χ1n) is 5.42. The van der Waals surface area contributed by atoms with Crippen LogP contribution < -0.4 is 10.1 Å². The largest absolute Gasteiger partial charge is 0.481 e. The van der Waals surface area contributed by atoms with Gasteiger partial charge in [0.05, 0.1) is 7.11 Å². The van der Waals surface area contributed by atoms with Crippen LogP contribution in [0.5, 0.6) is 5.88 Å². The number of carbonyl (C=O) groups is 2. The number of methoxy groups -OCH3 is 1. The number of nitrogens with zero attached hydrogens (tertiary/aromatic N) is 2. The molecule has 0 radical (unpaired) electrons. The van der Waals surface area contributed by atoms with Gasteiger partial charge in [0.25, 0.3) is 0 Å². The van der Waals surface area contributed by atoms with Crippen LogP contribution in [0.4, 0.5) is 5.95 Å². The van der Waals surface area contributed by atoms with Crippen LogP contribution in [-0.2, 0) is 9.59 Å². The molecule has 0 spiro atoms. The van der Waals surface area contributed by atoms with E-state index >= 15 is 0 Å². The van der Waals surface area contributed by atoms with E-state index < -0.39 is 5.97 Å². The number of anilines is 1. The smallest absolute Gasteiger partial charge is 0.303 e.